The van der Waals surface area contributed by atoms with Crippen molar-refractivity contribution in [3.63, 3.8) is 0 Å². The molecule has 7 heterocycles. The topological polar surface area (TPSA) is 376 Å². The molecule has 4 aliphatic carbocycles. The molecule has 6 amide bonds. The number of hydrazone groups is 1. The van der Waals surface area contributed by atoms with E-state index in [-0.39, 0.29) is 83.3 Å². The number of amides is 6. The number of H-pyrrole nitrogens is 2. The average Bonchev–Trinajstić information content (AvgIpc) is 1.63. The summed E-state index contributed by atoms with van der Waals surface area (Å²) in [5.41, 5.74) is 27.2. The minimum absolute atomic E-state index is 0.0444. The van der Waals surface area contributed by atoms with Crippen molar-refractivity contribution < 1.29 is 62.0 Å². The van der Waals surface area contributed by atoms with Gasteiger partial charge in [0.1, 0.15) is 42.8 Å². The van der Waals surface area contributed by atoms with E-state index in [9.17, 15) is 43.2 Å². The smallest absolute Gasteiger partial charge is 0.428 e. The van der Waals surface area contributed by atoms with Crippen molar-refractivity contribution in [1.82, 2.24) is 70.6 Å². The lowest BCUT2D eigenvalue weighted by atomic mass is 9.98. The second-order valence-corrected chi connectivity index (χ2v) is 38.8. The Morgan fingerprint density at radius 3 is 1.01 bits per heavy atom. The highest BCUT2D eigenvalue weighted by Gasteiger charge is 2.38. The van der Waals surface area contributed by atoms with Crippen LogP contribution in [0.25, 0.3) is 67.3 Å². The van der Waals surface area contributed by atoms with Crippen molar-refractivity contribution >= 4 is 65.3 Å². The van der Waals surface area contributed by atoms with Crippen LogP contribution in [0, 0.1) is 0 Å². The number of hydrogen-bond acceptors (Lipinski definition) is 22. The number of benzene rings is 11. The number of rotatable bonds is 16. The van der Waals surface area contributed by atoms with Crippen molar-refractivity contribution in [2.24, 2.45) is 10.9 Å². The number of thiocarbonyl (C=S) groups is 1. The van der Waals surface area contributed by atoms with E-state index >= 15 is 0 Å². The first-order valence-corrected chi connectivity index (χ1v) is 51.2. The molecule has 0 unspecified atom stereocenters. The molecule has 764 valence electrons. The van der Waals surface area contributed by atoms with Crippen LogP contribution >= 0.6 is 12.2 Å². The van der Waals surface area contributed by atoms with E-state index in [0.29, 0.717) is 141 Å². The number of nitrogens with one attached hydrogen (secondary N) is 6. The molecule has 0 saturated carbocycles. The van der Waals surface area contributed by atoms with E-state index in [1.807, 2.05) is 176 Å². The molecule has 0 radical (unpaired) electrons. The summed E-state index contributed by atoms with van der Waals surface area (Å²) >= 11 is 5.00. The number of hydrazine groups is 1. The van der Waals surface area contributed by atoms with Gasteiger partial charge in [-0.15, -0.1) is 10.2 Å². The van der Waals surface area contributed by atoms with Gasteiger partial charge in [0.2, 0.25) is 0 Å². The Kier molecular flexibility index (Phi) is 34.6. The predicted octanol–water partition coefficient (Wildman–Crippen LogP) is 19.5. The van der Waals surface area contributed by atoms with Gasteiger partial charge in [0.25, 0.3) is 0 Å². The summed E-state index contributed by atoms with van der Waals surface area (Å²) in [4.78, 5) is 122. The fraction of sp³-hybridized carbons (Fsp3) is 0.319. The number of ether oxygens (including phenoxy) is 6. The number of carbonyl (C=O) groups excluding carboxylic acids is 7. The minimum atomic E-state index is -0.580. The molecule has 22 rings (SSSR count). The van der Waals surface area contributed by atoms with E-state index in [2.05, 4.69) is 156 Å². The van der Waals surface area contributed by atoms with E-state index in [0.717, 1.165) is 61.2 Å². The molecule has 5 aliphatic heterocycles. The number of nitrogens with two attached hydrogens (primary N) is 1. The molecule has 0 bridgehead atoms. The van der Waals surface area contributed by atoms with Crippen LogP contribution < -0.4 is 38.7 Å². The monoisotopic (exact) mass is 2010 g/mol. The van der Waals surface area contributed by atoms with E-state index in [4.69, 9.17) is 46.5 Å². The van der Waals surface area contributed by atoms with Gasteiger partial charge in [-0.25, -0.2) is 53.1 Å². The van der Waals surface area contributed by atoms with Crippen LogP contribution in [0.5, 0.6) is 0 Å². The summed E-state index contributed by atoms with van der Waals surface area (Å²) in [6, 6.07) is 95.6. The summed E-state index contributed by atoms with van der Waals surface area (Å²) in [7, 11) is 0. The Morgan fingerprint density at radius 1 is 0.385 bits per heavy atom. The molecule has 2 aromatic heterocycles. The van der Waals surface area contributed by atoms with Crippen molar-refractivity contribution in [1.29, 1.82) is 0 Å². The Morgan fingerprint density at radius 2 is 0.682 bits per heavy atom. The van der Waals surface area contributed by atoms with Crippen LogP contribution in [0.2, 0.25) is 0 Å². The minimum Gasteiger partial charge on any atom is -0.450 e. The molecule has 5 saturated heterocycles. The fourth-order valence-electron chi connectivity index (χ4n) is 20.3. The van der Waals surface area contributed by atoms with Crippen LogP contribution in [-0.2, 0) is 33.2 Å². The third-order valence-electron chi connectivity index (χ3n) is 27.8. The molecule has 0 atom stereocenters. The molecule has 8 N–H and O–H groups in total. The molecular formula is C116H124N16O15S. The number of piperidine rings is 5. The Hall–Kier alpha value is -15.8. The maximum Gasteiger partial charge on any atom is 0.428 e. The lowest BCUT2D eigenvalue weighted by molar-refractivity contribution is -0.121. The average molecular weight is 2010 g/mol. The van der Waals surface area contributed by atoms with Crippen LogP contribution in [0.15, 0.2) is 300 Å². The predicted molar refractivity (Wildman–Crippen MR) is 571 cm³/mol. The molecule has 5 fully saturated rings. The lowest BCUT2D eigenvalue weighted by Crippen LogP contribution is -2.47. The number of aromatic nitrogens is 6. The number of ketones is 1. The fourth-order valence-corrected chi connectivity index (χ4v) is 20.5. The standard InChI is InChI=1S/C28H26N4O3.C25H29N3O4.C20H23N3O2.C20H19NO3.C13H16N4O.C10H11NO2S/c33-27-29-26(19-8-2-1-3-9-19)30-32(27)20-14-16-31(17-15-20)28(34)35-18-25-23-12-6-4-10-21(23)22-11-5-7-13-24(22)25;1-25(2,3)32-23(29)27-26-17-12-14-28(15-13-17)24(30)31-16-22-20-10-6-4-8-18(20)19-9-5-7-11-21(19)22;21-22-14-9-11-23(12-10-14)20(24)25-13-19-17-7-3-1-5-15(17)16-6-2-4-8-18(16)19;22-14-9-11-21(12-10-14)20(23)24-13-19-17-7-3-1-5-15(17)16-6-2-4-8-18(16)19;18-13-15-12(10-4-2-1-3-5-10)16-17(13)11-6-8-14-9-7-11;1-2-13-10(12)11-9(14)8-6-4-3-5-7-8/h1-13,20,25H,14-18H2,(H,29,30,33);4-11,22H,12-16H2,1-3H3,(H,27,29);1-8,14,19,22H,9-13,21H2;1-8,19H,9-13H2;1-5,11,14H,6-9H2,(H,15,16,18);3-7H,2H2,1H3,(H,11,12,14). The van der Waals surface area contributed by atoms with E-state index in [1.165, 1.54) is 93.7 Å². The first kappa shape index (κ1) is 104. The van der Waals surface area contributed by atoms with Crippen molar-refractivity contribution in [2.75, 3.05) is 98.5 Å². The maximum atomic E-state index is 12.9. The molecular weight excluding hydrogens is 1890 g/mol. The number of aromatic amines is 2. The number of nitrogens with zero attached hydrogens (tertiary/aromatic N) is 9. The third kappa shape index (κ3) is 25.6. The zero-order chi connectivity index (χ0) is 103. The number of alkyl carbamates (subject to hydrolysis) is 1. The molecule has 13 aromatic rings. The zero-order valence-electron chi connectivity index (χ0n) is 83.5. The van der Waals surface area contributed by atoms with Crippen LogP contribution in [0.1, 0.15) is 178 Å². The Balaban J connectivity index is 0.000000124. The highest BCUT2D eigenvalue weighted by atomic mass is 32.1. The molecule has 148 heavy (non-hydrogen) atoms. The molecule has 31 nitrogen and oxygen atoms in total. The van der Waals surface area contributed by atoms with Gasteiger partial charge in [-0.3, -0.25) is 31.3 Å². The largest absolute Gasteiger partial charge is 0.450 e. The normalized spacial score (nSPS) is 15.6. The maximum absolute atomic E-state index is 12.9. The summed E-state index contributed by atoms with van der Waals surface area (Å²) in [6.07, 6.45) is 4.74. The Bertz CT molecular complexity index is 6780. The van der Waals surface area contributed by atoms with Gasteiger partial charge in [-0.2, -0.15) is 5.10 Å². The Labute approximate surface area is 864 Å². The SMILES string of the molecule is CC(C)(C)OC(=O)NN=C1CCN(C(=O)OCC2c3ccccc3-c3ccccc32)CC1.CCOC(=O)NC(=S)c1ccccc1.NNC1CCN(C(=O)OCC2c3ccccc3-c3ccccc32)CC1.O=C(OCC1c2ccccc2-c2ccccc21)N1CCC(n2nc(-c3ccccc3)[nH]c2=O)CC1.O=C1CCN(C(=O)OCC2c3ccccc3-c3ccccc32)CC1.O=c1[nH]c(-c2ccccc2)nn1C1CCNCC1. The number of carbonyl (C=O) groups is 7. The van der Waals surface area contributed by atoms with Crippen LogP contribution in [-0.4, -0.2) is 212 Å². The second kappa shape index (κ2) is 49.4. The van der Waals surface area contributed by atoms with Crippen LogP contribution in [0.3, 0.4) is 0 Å². The summed E-state index contributed by atoms with van der Waals surface area (Å²) in [6.45, 7) is 15.1. The van der Waals surface area contributed by atoms with Crippen molar-refractivity contribution in [2.45, 2.75) is 139 Å². The first-order chi connectivity index (χ1) is 72.1. The number of hydrogen-bond donors (Lipinski definition) is 7. The third-order valence-corrected chi connectivity index (χ3v) is 28.2. The van der Waals surface area contributed by atoms with Crippen molar-refractivity contribution in [3.8, 4) is 67.3 Å². The highest BCUT2D eigenvalue weighted by Crippen LogP contribution is 2.49. The zero-order valence-corrected chi connectivity index (χ0v) is 84.3. The first-order valence-electron chi connectivity index (χ1n) is 50.7. The van der Waals surface area contributed by atoms with Gasteiger partial charge in [-0.1, -0.05) is 297 Å². The summed E-state index contributed by atoms with van der Waals surface area (Å²) in [5.74, 6) is 7.19. The lowest BCUT2D eigenvalue weighted by Gasteiger charge is -2.31. The van der Waals surface area contributed by atoms with E-state index < -0.39 is 17.8 Å². The second-order valence-electron chi connectivity index (χ2n) is 38.4. The molecule has 11 aromatic carbocycles. The summed E-state index contributed by atoms with van der Waals surface area (Å²) < 4.78 is 35.8. The van der Waals surface area contributed by atoms with Gasteiger partial charge < -0.3 is 53.3 Å². The number of likely N-dealkylation sites (tertiary alicyclic amines) is 4. The van der Waals surface area contributed by atoms with Crippen molar-refractivity contribution in [3.05, 3.63) is 356 Å². The molecule has 0 spiro atoms. The summed E-state index contributed by atoms with van der Waals surface area (Å²) in [5, 5.41) is 18.8. The number of fused-ring (bicyclic) bond motifs is 12. The van der Waals surface area contributed by atoms with Gasteiger partial charge in [0.15, 0.2) is 11.6 Å². The van der Waals surface area contributed by atoms with Gasteiger partial charge in [0.05, 0.1) is 18.7 Å². The number of Topliss-reactive ketones (excluding diaryl/α,β-unsaturated/α-hetero) is 1. The molecule has 9 aliphatic rings. The molecule has 32 heteroatoms. The van der Waals surface area contributed by atoms with Gasteiger partial charge in [-0.05, 0) is 168 Å². The van der Waals surface area contributed by atoms with Gasteiger partial charge in [0, 0.05) is 130 Å². The van der Waals surface area contributed by atoms with E-state index in [1.54, 1.807) is 52.0 Å². The quantitative estimate of drug-likeness (QED) is 0.0204. The van der Waals surface area contributed by atoms with Gasteiger partial charge >= 0.3 is 47.9 Å². The highest BCUT2D eigenvalue weighted by molar-refractivity contribution is 7.80. The van der Waals surface area contributed by atoms with Crippen LogP contribution in [0.4, 0.5) is 28.8 Å².